The minimum Gasteiger partial charge on any atom is -0.508 e. The van der Waals surface area contributed by atoms with Crippen molar-refractivity contribution in [1.82, 2.24) is 4.90 Å². The molecule has 0 spiro atoms. The largest absolute Gasteiger partial charge is 0.508 e. The van der Waals surface area contributed by atoms with E-state index in [1.165, 1.54) is 31.4 Å². The van der Waals surface area contributed by atoms with Crippen LogP contribution in [0.2, 0.25) is 0 Å². The van der Waals surface area contributed by atoms with Crippen molar-refractivity contribution >= 4 is 29.4 Å². The fraction of sp³-hybridized carbons (Fsp3) is 0.333. The number of ether oxygens (including phenoxy) is 1. The van der Waals surface area contributed by atoms with E-state index in [1.54, 1.807) is 38.4 Å². The second-order valence-corrected chi connectivity index (χ2v) is 10.8. The number of hydrogen-bond donors (Lipinski definition) is 5. The number of phenols is 1. The van der Waals surface area contributed by atoms with E-state index in [0.29, 0.717) is 28.0 Å². The molecule has 5 rings (SSSR count). The van der Waals surface area contributed by atoms with Gasteiger partial charge in [-0.05, 0) is 73.8 Å². The number of ketones is 2. The van der Waals surface area contributed by atoms with Gasteiger partial charge in [-0.15, -0.1) is 0 Å². The highest BCUT2D eigenvalue weighted by atomic mass is 16.6. The number of nitrogens with two attached hydrogens (primary N) is 1. The predicted molar refractivity (Wildman–Crippen MR) is 151 cm³/mol. The predicted octanol–water partition coefficient (Wildman–Crippen LogP) is 1.62. The van der Waals surface area contributed by atoms with Gasteiger partial charge in [0.05, 0.1) is 24.9 Å². The lowest BCUT2D eigenvalue weighted by Crippen LogP contribution is -2.65. The quantitative estimate of drug-likeness (QED) is 0.191. The number of likely N-dealkylation sites (N-methyl/N-ethyl adjacent to an activating group) is 1. The van der Waals surface area contributed by atoms with Crippen LogP contribution < -0.4 is 10.5 Å². The molecule has 0 saturated heterocycles. The molecule has 2 aromatic carbocycles. The first-order chi connectivity index (χ1) is 19.9. The topological polar surface area (TPSA) is 192 Å². The number of amides is 1. The summed E-state index contributed by atoms with van der Waals surface area (Å²) in [5, 5.41) is 49.0. The third-order valence-corrected chi connectivity index (χ3v) is 8.43. The molecule has 220 valence electrons. The minimum atomic E-state index is -2.70. The van der Waals surface area contributed by atoms with E-state index in [9.17, 15) is 34.8 Å². The van der Waals surface area contributed by atoms with Crippen molar-refractivity contribution in [2.24, 2.45) is 22.7 Å². The molecule has 12 nitrogen and oxygen atoms in total. The van der Waals surface area contributed by atoms with E-state index >= 15 is 0 Å². The van der Waals surface area contributed by atoms with Crippen molar-refractivity contribution in [3.05, 3.63) is 63.9 Å². The Morgan fingerprint density at radius 1 is 1.12 bits per heavy atom. The Balaban J connectivity index is 1.74. The van der Waals surface area contributed by atoms with Crippen LogP contribution in [0, 0.1) is 11.8 Å². The molecule has 2 aromatic rings. The van der Waals surface area contributed by atoms with Crippen LogP contribution in [-0.2, 0) is 25.6 Å². The summed E-state index contributed by atoms with van der Waals surface area (Å²) in [7, 11) is 6.03. The molecule has 42 heavy (non-hydrogen) atoms. The van der Waals surface area contributed by atoms with Crippen molar-refractivity contribution in [2.45, 2.75) is 24.5 Å². The van der Waals surface area contributed by atoms with Gasteiger partial charge in [-0.2, -0.15) is 0 Å². The lowest BCUT2D eigenvalue weighted by Gasteiger charge is -2.50. The number of fused-ring (bicyclic) bond motifs is 3. The fourth-order valence-corrected chi connectivity index (χ4v) is 6.63. The van der Waals surface area contributed by atoms with Crippen LogP contribution in [0.5, 0.6) is 11.5 Å². The molecule has 0 unspecified atom stereocenters. The summed E-state index contributed by atoms with van der Waals surface area (Å²) in [5.41, 5.74) is 4.01. The summed E-state index contributed by atoms with van der Waals surface area (Å²) in [6.45, 7) is 0. The van der Waals surface area contributed by atoms with Gasteiger partial charge < -0.3 is 35.7 Å². The van der Waals surface area contributed by atoms with E-state index in [4.69, 9.17) is 15.3 Å². The molecular formula is C30H31N3O9. The van der Waals surface area contributed by atoms with Crippen molar-refractivity contribution < 1.29 is 44.4 Å². The number of rotatable bonds is 6. The SMILES string of the molecule is CO/N=C/c1ccc(OC)c(-c2ccc(O)c3c2C[C@H]2C[C@H]4[C@H](N(C)C)C(=O)C(C(N)=O)=C(O)[C@@]4(O)C(=O)C2=C3O)c1. The van der Waals surface area contributed by atoms with E-state index in [-0.39, 0.29) is 29.7 Å². The average molecular weight is 578 g/mol. The van der Waals surface area contributed by atoms with Gasteiger partial charge in [0.15, 0.2) is 11.4 Å². The first-order valence-corrected chi connectivity index (χ1v) is 13.1. The summed E-state index contributed by atoms with van der Waals surface area (Å²) in [4.78, 5) is 45.7. The Morgan fingerprint density at radius 2 is 1.83 bits per heavy atom. The maximum atomic E-state index is 14.0. The number of hydrogen-bond acceptors (Lipinski definition) is 11. The molecule has 1 amide bonds. The summed E-state index contributed by atoms with van der Waals surface area (Å²) in [6.07, 6.45) is 1.63. The monoisotopic (exact) mass is 577 g/mol. The zero-order chi connectivity index (χ0) is 30.7. The molecule has 1 saturated carbocycles. The Morgan fingerprint density at radius 3 is 2.45 bits per heavy atom. The van der Waals surface area contributed by atoms with Gasteiger partial charge in [-0.25, -0.2) is 0 Å². The number of nitrogens with zero attached hydrogens (tertiary/aromatic N) is 2. The third kappa shape index (κ3) is 4.05. The Bertz CT molecular complexity index is 1620. The molecule has 0 radical (unpaired) electrons. The van der Waals surface area contributed by atoms with Crippen LogP contribution >= 0.6 is 0 Å². The second kappa shape index (κ2) is 10.3. The van der Waals surface area contributed by atoms with Gasteiger partial charge in [0, 0.05) is 17.1 Å². The lowest BCUT2D eigenvalue weighted by molar-refractivity contribution is -0.153. The van der Waals surface area contributed by atoms with Crippen molar-refractivity contribution in [3.8, 4) is 22.6 Å². The van der Waals surface area contributed by atoms with E-state index < -0.39 is 58.0 Å². The highest BCUT2D eigenvalue weighted by Gasteiger charge is 2.64. The van der Waals surface area contributed by atoms with E-state index in [1.807, 2.05) is 0 Å². The number of phenolic OH excluding ortho intramolecular Hbond substituents is 1. The standard InChI is InChI=1S/C30H31N3O9/c1-33(2)24-18-11-14-10-17-15(16-9-13(12-32-42-4)5-8-20(16)41-3)6-7-19(34)22(17)25(35)21(14)27(37)30(18,40)28(38)23(26(24)36)29(31)39/h5-9,12,14,18,24,34-35,38,40H,10-11H2,1-4H3,(H2,31,39)/b32-12+/t14-,18-,24-,30-/m0/s1. The maximum Gasteiger partial charge on any atom is 0.255 e. The highest BCUT2D eigenvalue weighted by molar-refractivity contribution is 6.24. The van der Waals surface area contributed by atoms with Crippen LogP contribution in [0.15, 0.2) is 52.4 Å². The molecule has 6 N–H and O–H groups in total. The zero-order valence-electron chi connectivity index (χ0n) is 23.4. The molecule has 0 bridgehead atoms. The lowest BCUT2D eigenvalue weighted by atomic mass is 9.57. The summed E-state index contributed by atoms with van der Waals surface area (Å²) in [5.74, 6) is -6.54. The van der Waals surface area contributed by atoms with Crippen molar-refractivity contribution in [2.75, 3.05) is 28.3 Å². The zero-order valence-corrected chi connectivity index (χ0v) is 23.4. The molecule has 1 fully saturated rings. The molecule has 12 heteroatoms. The first kappa shape index (κ1) is 28.8. The normalized spacial score (nSPS) is 25.4. The number of aromatic hydroxyl groups is 1. The van der Waals surface area contributed by atoms with Gasteiger partial charge in [0.2, 0.25) is 5.78 Å². The van der Waals surface area contributed by atoms with Gasteiger partial charge in [-0.1, -0.05) is 11.2 Å². The Hall–Kier alpha value is -4.68. The molecule has 0 aliphatic heterocycles. The Kier molecular flexibility index (Phi) is 7.07. The van der Waals surface area contributed by atoms with Crippen molar-refractivity contribution in [3.63, 3.8) is 0 Å². The molecule has 4 atom stereocenters. The number of primary amides is 1. The van der Waals surface area contributed by atoms with Crippen LogP contribution in [0.4, 0.5) is 0 Å². The maximum absolute atomic E-state index is 14.0. The van der Waals surface area contributed by atoms with Crippen LogP contribution in [0.3, 0.4) is 0 Å². The van der Waals surface area contributed by atoms with E-state index in [2.05, 4.69) is 5.16 Å². The number of carbonyl (C=O) groups excluding carboxylic acids is 3. The minimum absolute atomic E-state index is 0.0122. The number of benzene rings is 2. The number of aliphatic hydroxyl groups excluding tert-OH is 2. The second-order valence-electron chi connectivity index (χ2n) is 10.8. The number of aliphatic hydroxyl groups is 3. The smallest absolute Gasteiger partial charge is 0.255 e. The van der Waals surface area contributed by atoms with E-state index in [0.717, 1.165) is 0 Å². The Labute approximate surface area is 240 Å². The molecule has 3 aliphatic rings. The summed E-state index contributed by atoms with van der Waals surface area (Å²) < 4.78 is 5.59. The summed E-state index contributed by atoms with van der Waals surface area (Å²) >= 11 is 0. The van der Waals surface area contributed by atoms with Crippen LogP contribution in [0.1, 0.15) is 23.1 Å². The third-order valence-electron chi connectivity index (χ3n) is 8.43. The first-order valence-electron chi connectivity index (χ1n) is 13.1. The average Bonchev–Trinajstić information content (AvgIpc) is 2.93. The highest BCUT2D eigenvalue weighted by Crippen LogP contribution is 2.54. The number of oxime groups is 1. The number of Topliss-reactive ketones (excluding diaryl/α,β-unsaturated/α-hetero) is 2. The van der Waals surface area contributed by atoms with Crippen LogP contribution in [-0.4, -0.2) is 89.0 Å². The van der Waals surface area contributed by atoms with Gasteiger partial charge >= 0.3 is 0 Å². The molecule has 3 aliphatic carbocycles. The fourth-order valence-electron chi connectivity index (χ4n) is 6.63. The van der Waals surface area contributed by atoms with Gasteiger partial charge in [-0.3, -0.25) is 19.3 Å². The summed E-state index contributed by atoms with van der Waals surface area (Å²) in [6, 6.07) is 7.18. The van der Waals surface area contributed by atoms with Crippen LogP contribution in [0.25, 0.3) is 16.9 Å². The molecular weight excluding hydrogens is 546 g/mol. The van der Waals surface area contributed by atoms with Gasteiger partial charge in [0.25, 0.3) is 5.91 Å². The number of carbonyl (C=O) groups is 3. The molecule has 0 aromatic heterocycles. The van der Waals surface area contributed by atoms with Gasteiger partial charge in [0.1, 0.15) is 35.7 Å². The van der Waals surface area contributed by atoms with Crippen molar-refractivity contribution in [1.29, 1.82) is 0 Å². The molecule has 0 heterocycles. The number of methoxy groups -OCH3 is 1.